The van der Waals surface area contributed by atoms with Crippen LogP contribution < -0.4 is 20.7 Å². The summed E-state index contributed by atoms with van der Waals surface area (Å²) < 4.78 is 10.9. The van der Waals surface area contributed by atoms with Crippen molar-refractivity contribution in [2.75, 3.05) is 29.1 Å². The molecule has 1 aromatic heterocycles. The molecule has 0 bridgehead atoms. The second-order valence-corrected chi connectivity index (χ2v) is 7.70. The first-order valence-electron chi connectivity index (χ1n) is 11.4. The molecule has 0 radical (unpaired) electrons. The van der Waals surface area contributed by atoms with E-state index in [1.54, 1.807) is 36.4 Å². The minimum Gasteiger partial charge on any atom is -0.494 e. The van der Waals surface area contributed by atoms with E-state index in [2.05, 4.69) is 22.9 Å². The number of benzene rings is 2. The number of hydrogen-bond acceptors (Lipinski definition) is 5. The van der Waals surface area contributed by atoms with Crippen LogP contribution in [0.1, 0.15) is 49.6 Å². The van der Waals surface area contributed by atoms with Gasteiger partial charge < -0.3 is 25.1 Å². The lowest BCUT2D eigenvalue weighted by Crippen LogP contribution is -2.21. The van der Waals surface area contributed by atoms with Crippen LogP contribution in [0.3, 0.4) is 0 Å². The molecule has 33 heavy (non-hydrogen) atoms. The van der Waals surface area contributed by atoms with Crippen LogP contribution in [-0.4, -0.2) is 25.0 Å². The van der Waals surface area contributed by atoms with Crippen molar-refractivity contribution >= 4 is 28.9 Å². The Morgan fingerprint density at radius 3 is 2.39 bits per heavy atom. The Hall–Kier alpha value is -3.74. The van der Waals surface area contributed by atoms with Crippen LogP contribution >= 0.6 is 0 Å². The van der Waals surface area contributed by atoms with Crippen molar-refractivity contribution in [1.82, 2.24) is 0 Å². The summed E-state index contributed by atoms with van der Waals surface area (Å²) >= 11 is 0. The molecule has 0 aliphatic rings. The van der Waals surface area contributed by atoms with Gasteiger partial charge in [0.1, 0.15) is 5.75 Å². The van der Waals surface area contributed by atoms with E-state index in [1.165, 1.54) is 31.9 Å². The molecule has 2 aromatic carbocycles. The maximum Gasteiger partial charge on any atom is 0.291 e. The van der Waals surface area contributed by atoms with Crippen LogP contribution in [-0.2, 0) is 4.79 Å². The molecule has 0 saturated carbocycles. The minimum absolute atomic E-state index is 0.101. The largest absolute Gasteiger partial charge is 0.494 e. The Balaban J connectivity index is 1.43. The summed E-state index contributed by atoms with van der Waals surface area (Å²) in [6.07, 6.45) is 7.41. The van der Waals surface area contributed by atoms with Crippen LogP contribution in [0.4, 0.5) is 17.1 Å². The molecule has 3 rings (SSSR count). The molecule has 0 aliphatic heterocycles. The van der Waals surface area contributed by atoms with Crippen molar-refractivity contribution in [3.05, 3.63) is 72.7 Å². The topological polar surface area (TPSA) is 92.6 Å². The van der Waals surface area contributed by atoms with Gasteiger partial charge in [-0.25, -0.2) is 0 Å². The van der Waals surface area contributed by atoms with Gasteiger partial charge in [0.05, 0.1) is 19.4 Å². The maximum absolute atomic E-state index is 12.4. The zero-order valence-electron chi connectivity index (χ0n) is 18.9. The van der Waals surface area contributed by atoms with E-state index in [4.69, 9.17) is 9.15 Å². The molecule has 0 spiro atoms. The van der Waals surface area contributed by atoms with Crippen molar-refractivity contribution in [2.45, 2.75) is 39.0 Å². The summed E-state index contributed by atoms with van der Waals surface area (Å²) in [5.74, 6) is 0.451. The normalized spacial score (nSPS) is 10.5. The first kappa shape index (κ1) is 23.9. The van der Waals surface area contributed by atoms with Crippen molar-refractivity contribution in [3.63, 3.8) is 0 Å². The highest BCUT2D eigenvalue weighted by Gasteiger charge is 2.09. The number of amides is 2. The molecule has 0 atom stereocenters. The van der Waals surface area contributed by atoms with Gasteiger partial charge in [-0.1, -0.05) is 44.7 Å². The van der Waals surface area contributed by atoms with Crippen molar-refractivity contribution in [3.8, 4) is 5.75 Å². The molecular formula is C26H31N3O4. The Labute approximate surface area is 194 Å². The van der Waals surface area contributed by atoms with Crippen LogP contribution in [0, 0.1) is 0 Å². The fraction of sp³-hybridized carbons (Fsp3) is 0.308. The van der Waals surface area contributed by atoms with Crippen LogP contribution in [0.2, 0.25) is 0 Å². The van der Waals surface area contributed by atoms with Crippen molar-refractivity contribution < 1.29 is 18.7 Å². The van der Waals surface area contributed by atoms with Gasteiger partial charge in [0.2, 0.25) is 5.91 Å². The minimum atomic E-state index is -0.354. The number of furan rings is 1. The van der Waals surface area contributed by atoms with E-state index in [-0.39, 0.29) is 24.1 Å². The summed E-state index contributed by atoms with van der Waals surface area (Å²) in [4.78, 5) is 24.5. The first-order valence-corrected chi connectivity index (χ1v) is 11.4. The third kappa shape index (κ3) is 8.37. The van der Waals surface area contributed by atoms with E-state index in [1.807, 2.05) is 24.3 Å². The Morgan fingerprint density at radius 1 is 0.848 bits per heavy atom. The summed E-state index contributed by atoms with van der Waals surface area (Å²) in [5.41, 5.74) is 1.95. The van der Waals surface area contributed by atoms with Crippen LogP contribution in [0.5, 0.6) is 5.75 Å². The number of ether oxygens (including phenoxy) is 1. The number of carbonyl (C=O) groups excluding carboxylic acids is 2. The lowest BCUT2D eigenvalue weighted by Gasteiger charge is -2.11. The van der Waals surface area contributed by atoms with Gasteiger partial charge in [-0.05, 0) is 48.9 Å². The van der Waals surface area contributed by atoms with Gasteiger partial charge >= 0.3 is 0 Å². The first-order chi connectivity index (χ1) is 16.1. The molecule has 1 heterocycles. The van der Waals surface area contributed by atoms with E-state index in [0.29, 0.717) is 18.0 Å². The fourth-order valence-corrected chi connectivity index (χ4v) is 3.25. The van der Waals surface area contributed by atoms with Gasteiger partial charge in [0.25, 0.3) is 5.91 Å². The Bertz CT molecular complexity index is 1020. The van der Waals surface area contributed by atoms with E-state index in [9.17, 15) is 9.59 Å². The summed E-state index contributed by atoms with van der Waals surface area (Å²) in [5, 5.41) is 8.68. The standard InChI is InChI=1S/C26H31N3O4/c1-2-3-4-5-6-15-32-23-13-8-10-20(18-23)27-19-25(30)28-21-11-7-12-22(17-21)29-26(31)24-14-9-16-33-24/h7-14,16-18,27H,2-6,15,19H2,1H3,(H,28,30)(H,29,31). The van der Waals surface area contributed by atoms with Gasteiger partial charge in [0.15, 0.2) is 5.76 Å². The van der Waals surface area contributed by atoms with E-state index in [0.717, 1.165) is 17.9 Å². The quantitative estimate of drug-likeness (QED) is 0.281. The zero-order valence-corrected chi connectivity index (χ0v) is 18.9. The molecular weight excluding hydrogens is 418 g/mol. The zero-order chi connectivity index (χ0) is 23.3. The average Bonchev–Trinajstić information content (AvgIpc) is 3.36. The Morgan fingerprint density at radius 2 is 1.61 bits per heavy atom. The van der Waals surface area contributed by atoms with Gasteiger partial charge in [-0.2, -0.15) is 0 Å². The molecule has 7 heteroatoms. The third-order valence-electron chi connectivity index (χ3n) is 4.95. The molecule has 3 aromatic rings. The molecule has 174 valence electrons. The summed E-state index contributed by atoms with van der Waals surface area (Å²) in [6, 6.07) is 17.8. The van der Waals surface area contributed by atoms with Gasteiger partial charge in [-0.15, -0.1) is 0 Å². The number of unbranched alkanes of at least 4 members (excludes halogenated alkanes) is 4. The molecule has 0 aliphatic carbocycles. The lowest BCUT2D eigenvalue weighted by atomic mass is 10.2. The van der Waals surface area contributed by atoms with E-state index < -0.39 is 0 Å². The number of nitrogens with one attached hydrogen (secondary N) is 3. The molecule has 0 unspecified atom stereocenters. The highest BCUT2D eigenvalue weighted by atomic mass is 16.5. The number of hydrogen-bond donors (Lipinski definition) is 3. The monoisotopic (exact) mass is 449 g/mol. The van der Waals surface area contributed by atoms with Crippen molar-refractivity contribution in [1.29, 1.82) is 0 Å². The SMILES string of the molecule is CCCCCCCOc1cccc(NCC(=O)Nc2cccc(NC(=O)c3ccco3)c2)c1. The van der Waals surface area contributed by atoms with E-state index >= 15 is 0 Å². The predicted molar refractivity (Wildman–Crippen MR) is 131 cm³/mol. The second-order valence-electron chi connectivity index (χ2n) is 7.70. The average molecular weight is 450 g/mol. The Kier molecular flexibility index (Phi) is 9.39. The van der Waals surface area contributed by atoms with Crippen LogP contribution in [0.15, 0.2) is 71.3 Å². The number of rotatable bonds is 13. The second kappa shape index (κ2) is 13.0. The molecule has 3 N–H and O–H groups in total. The van der Waals surface area contributed by atoms with Gasteiger partial charge in [-0.3, -0.25) is 9.59 Å². The smallest absolute Gasteiger partial charge is 0.291 e. The molecule has 7 nitrogen and oxygen atoms in total. The highest BCUT2D eigenvalue weighted by Crippen LogP contribution is 2.19. The molecule has 2 amide bonds. The summed E-state index contributed by atoms with van der Waals surface area (Å²) in [7, 11) is 0. The maximum atomic E-state index is 12.4. The predicted octanol–water partition coefficient (Wildman–Crippen LogP) is 5.93. The highest BCUT2D eigenvalue weighted by molar-refractivity contribution is 6.02. The molecule has 0 fully saturated rings. The number of carbonyl (C=O) groups is 2. The van der Waals surface area contributed by atoms with Crippen molar-refractivity contribution in [2.24, 2.45) is 0 Å². The van der Waals surface area contributed by atoms with Crippen LogP contribution in [0.25, 0.3) is 0 Å². The summed E-state index contributed by atoms with van der Waals surface area (Å²) in [6.45, 7) is 3.00. The third-order valence-corrected chi connectivity index (χ3v) is 4.95. The molecule has 0 saturated heterocycles. The number of anilines is 3. The van der Waals surface area contributed by atoms with Gasteiger partial charge in [0, 0.05) is 23.1 Å². The fourth-order valence-electron chi connectivity index (χ4n) is 3.25. The lowest BCUT2D eigenvalue weighted by molar-refractivity contribution is -0.114.